The lowest BCUT2D eigenvalue weighted by Gasteiger charge is -2.21. The van der Waals surface area contributed by atoms with E-state index < -0.39 is 10.8 Å². The number of nitrogens with zero attached hydrogens (tertiary/aromatic N) is 2. The average Bonchev–Trinajstić information content (AvgIpc) is 2.29. The van der Waals surface area contributed by atoms with Crippen LogP contribution in [-0.4, -0.2) is 33.0 Å². The van der Waals surface area contributed by atoms with E-state index in [9.17, 15) is 4.21 Å². The third kappa shape index (κ3) is 3.57. The molecule has 4 nitrogen and oxygen atoms in total. The van der Waals surface area contributed by atoms with Gasteiger partial charge in [-0.2, -0.15) is 0 Å². The van der Waals surface area contributed by atoms with Gasteiger partial charge in [-0.25, -0.2) is 9.97 Å². The first-order valence-electron chi connectivity index (χ1n) is 6.06. The fraction of sp³-hybridized carbons (Fsp3) is 0.667. The fourth-order valence-electron chi connectivity index (χ4n) is 2.13. The lowest BCUT2D eigenvalue weighted by molar-refractivity contribution is 0.405. The Morgan fingerprint density at radius 1 is 1.29 bits per heavy atom. The quantitative estimate of drug-likeness (QED) is 0.822. The predicted molar refractivity (Wildman–Crippen MR) is 68.4 cm³/mol. The van der Waals surface area contributed by atoms with Crippen molar-refractivity contribution in [3.05, 3.63) is 17.5 Å². The highest BCUT2D eigenvalue weighted by Crippen LogP contribution is 2.15. The molecule has 1 aromatic rings. The fourth-order valence-corrected chi connectivity index (χ4v) is 3.53. The van der Waals surface area contributed by atoms with Crippen LogP contribution in [0.5, 0.6) is 0 Å². The second-order valence-corrected chi connectivity index (χ2v) is 6.03. The number of aryl methyl sites for hydroxylation is 2. The molecule has 1 atom stereocenters. The van der Waals surface area contributed by atoms with E-state index in [0.29, 0.717) is 16.8 Å². The monoisotopic (exact) mass is 253 g/mol. The number of rotatable bonds is 3. The molecule has 1 aromatic heterocycles. The summed E-state index contributed by atoms with van der Waals surface area (Å²) in [4.78, 5) is 8.55. The normalized spacial score (nSPS) is 19.2. The lowest BCUT2D eigenvalue weighted by atomic mass is 10.0. The maximum Gasteiger partial charge on any atom is 0.218 e. The Balaban J connectivity index is 2.03. The van der Waals surface area contributed by atoms with Crippen molar-refractivity contribution in [3.63, 3.8) is 0 Å². The van der Waals surface area contributed by atoms with Crippen LogP contribution in [0, 0.1) is 19.8 Å². The summed E-state index contributed by atoms with van der Waals surface area (Å²) < 4.78 is 12.2. The molecule has 0 aliphatic carbocycles. The topological polar surface area (TPSA) is 54.9 Å². The van der Waals surface area contributed by atoms with Gasteiger partial charge in [0.2, 0.25) is 5.16 Å². The van der Waals surface area contributed by atoms with Crippen LogP contribution in [0.2, 0.25) is 0 Å². The van der Waals surface area contributed by atoms with Crippen molar-refractivity contribution in [1.29, 1.82) is 0 Å². The van der Waals surface area contributed by atoms with Crippen LogP contribution in [0.3, 0.4) is 0 Å². The van der Waals surface area contributed by atoms with E-state index in [1.165, 1.54) is 0 Å². The molecule has 0 radical (unpaired) electrons. The number of aromatic nitrogens is 2. The molecule has 94 valence electrons. The van der Waals surface area contributed by atoms with Gasteiger partial charge in [-0.1, -0.05) is 0 Å². The second kappa shape index (κ2) is 5.69. The van der Waals surface area contributed by atoms with Crippen LogP contribution < -0.4 is 5.32 Å². The van der Waals surface area contributed by atoms with E-state index in [1.54, 1.807) is 0 Å². The van der Waals surface area contributed by atoms with E-state index >= 15 is 0 Å². The molecule has 0 saturated carbocycles. The van der Waals surface area contributed by atoms with E-state index in [-0.39, 0.29) is 0 Å². The number of hydrogen-bond donors (Lipinski definition) is 1. The molecule has 1 saturated heterocycles. The SMILES string of the molecule is Cc1cc(C)nc([S@@](=O)CC2CCNCC2)n1. The van der Waals surface area contributed by atoms with Gasteiger partial charge in [-0.15, -0.1) is 0 Å². The van der Waals surface area contributed by atoms with Crippen LogP contribution in [0.25, 0.3) is 0 Å². The molecular formula is C12H19N3OS. The molecule has 0 amide bonds. The van der Waals surface area contributed by atoms with Gasteiger partial charge < -0.3 is 5.32 Å². The smallest absolute Gasteiger partial charge is 0.218 e. The summed E-state index contributed by atoms with van der Waals surface area (Å²) in [6.45, 7) is 5.91. The third-order valence-corrected chi connectivity index (χ3v) is 4.38. The zero-order valence-corrected chi connectivity index (χ0v) is 11.2. The largest absolute Gasteiger partial charge is 0.317 e. The maximum atomic E-state index is 12.2. The van der Waals surface area contributed by atoms with Crippen LogP contribution in [-0.2, 0) is 10.8 Å². The molecular weight excluding hydrogens is 234 g/mol. The summed E-state index contributed by atoms with van der Waals surface area (Å²) in [5.74, 6) is 1.24. The average molecular weight is 253 g/mol. The highest BCUT2D eigenvalue weighted by molar-refractivity contribution is 7.84. The highest BCUT2D eigenvalue weighted by Gasteiger charge is 2.18. The van der Waals surface area contributed by atoms with Crippen LogP contribution in [0.4, 0.5) is 0 Å². The van der Waals surface area contributed by atoms with Gasteiger partial charge in [0, 0.05) is 17.1 Å². The van der Waals surface area contributed by atoms with Gasteiger partial charge in [0.25, 0.3) is 0 Å². The molecule has 2 rings (SSSR count). The third-order valence-electron chi connectivity index (χ3n) is 3.01. The van der Waals surface area contributed by atoms with E-state index in [0.717, 1.165) is 37.3 Å². The summed E-state index contributed by atoms with van der Waals surface area (Å²) in [7, 11) is -1.05. The van der Waals surface area contributed by atoms with Gasteiger partial charge in [0.1, 0.15) is 0 Å². The van der Waals surface area contributed by atoms with Gasteiger partial charge in [-0.3, -0.25) is 4.21 Å². The van der Waals surface area contributed by atoms with Gasteiger partial charge in [-0.05, 0) is 51.8 Å². The zero-order chi connectivity index (χ0) is 12.3. The Morgan fingerprint density at radius 3 is 2.47 bits per heavy atom. The van der Waals surface area contributed by atoms with Crippen molar-refractivity contribution in [2.75, 3.05) is 18.8 Å². The molecule has 17 heavy (non-hydrogen) atoms. The van der Waals surface area contributed by atoms with Crippen molar-refractivity contribution < 1.29 is 4.21 Å². The molecule has 5 heteroatoms. The standard InChI is InChI=1S/C12H19N3OS/c1-9-7-10(2)15-12(14-9)17(16)8-11-3-5-13-6-4-11/h7,11,13H,3-6,8H2,1-2H3/t17-/m0/s1. The number of hydrogen-bond acceptors (Lipinski definition) is 4. The molecule has 0 bridgehead atoms. The van der Waals surface area contributed by atoms with Crippen LogP contribution in [0.1, 0.15) is 24.2 Å². The highest BCUT2D eigenvalue weighted by atomic mass is 32.2. The first kappa shape index (κ1) is 12.6. The van der Waals surface area contributed by atoms with Crippen LogP contribution >= 0.6 is 0 Å². The first-order valence-corrected chi connectivity index (χ1v) is 7.38. The van der Waals surface area contributed by atoms with E-state index in [1.807, 2.05) is 19.9 Å². The minimum Gasteiger partial charge on any atom is -0.317 e. The van der Waals surface area contributed by atoms with Gasteiger partial charge in [0.05, 0.1) is 10.8 Å². The Bertz CT molecular complexity index is 396. The number of nitrogens with one attached hydrogen (secondary N) is 1. The summed E-state index contributed by atoms with van der Waals surface area (Å²) >= 11 is 0. The summed E-state index contributed by atoms with van der Waals surface area (Å²) in [5, 5.41) is 3.82. The Kier molecular flexibility index (Phi) is 4.23. The van der Waals surface area contributed by atoms with Crippen molar-refractivity contribution in [2.24, 2.45) is 5.92 Å². The summed E-state index contributed by atoms with van der Waals surface area (Å²) in [6.07, 6.45) is 2.22. The molecule has 0 unspecified atom stereocenters. The molecule has 0 spiro atoms. The lowest BCUT2D eigenvalue weighted by Crippen LogP contribution is -2.30. The predicted octanol–water partition coefficient (Wildman–Crippen LogP) is 1.20. The minimum atomic E-state index is -1.05. The van der Waals surface area contributed by atoms with Gasteiger partial charge >= 0.3 is 0 Å². The number of piperidine rings is 1. The molecule has 0 aromatic carbocycles. The molecule has 1 N–H and O–H groups in total. The van der Waals surface area contributed by atoms with Crippen LogP contribution in [0.15, 0.2) is 11.2 Å². The van der Waals surface area contributed by atoms with Crippen molar-refractivity contribution >= 4 is 10.8 Å². The van der Waals surface area contributed by atoms with E-state index in [4.69, 9.17) is 0 Å². The van der Waals surface area contributed by atoms with Gasteiger partial charge in [0.15, 0.2) is 0 Å². The Hall–Kier alpha value is -0.810. The van der Waals surface area contributed by atoms with E-state index in [2.05, 4.69) is 15.3 Å². The van der Waals surface area contributed by atoms with Crippen molar-refractivity contribution in [3.8, 4) is 0 Å². The summed E-state index contributed by atoms with van der Waals surface area (Å²) in [5.41, 5.74) is 1.79. The molecule has 1 aliphatic rings. The second-order valence-electron chi connectivity index (χ2n) is 4.64. The Morgan fingerprint density at radius 2 is 1.88 bits per heavy atom. The molecule has 1 aliphatic heterocycles. The zero-order valence-electron chi connectivity index (χ0n) is 10.4. The van der Waals surface area contributed by atoms with Crippen molar-refractivity contribution in [1.82, 2.24) is 15.3 Å². The molecule has 1 fully saturated rings. The first-order chi connectivity index (χ1) is 8.15. The minimum absolute atomic E-state index is 0.501. The maximum absolute atomic E-state index is 12.2. The Labute approximate surface area is 105 Å². The van der Waals surface area contributed by atoms with Crippen molar-refractivity contribution in [2.45, 2.75) is 31.8 Å². The molecule has 2 heterocycles. The summed E-state index contributed by atoms with van der Waals surface area (Å²) in [6, 6.07) is 1.91.